The first kappa shape index (κ1) is 21.1. The fourth-order valence-corrected chi connectivity index (χ4v) is 3.12. The second-order valence-corrected chi connectivity index (χ2v) is 6.94. The van der Waals surface area contributed by atoms with Gasteiger partial charge in [-0.25, -0.2) is 0 Å². The van der Waals surface area contributed by atoms with E-state index in [9.17, 15) is 4.57 Å². The topological polar surface area (TPSA) is 37.3 Å². The van der Waals surface area contributed by atoms with E-state index in [-0.39, 0.29) is 0 Å². The minimum absolute atomic E-state index is 0.319. The first-order valence-electron chi connectivity index (χ1n) is 9.32. The van der Waals surface area contributed by atoms with Gasteiger partial charge in [0.25, 0.3) is 0 Å². The molecule has 0 aromatic carbocycles. The second-order valence-electron chi connectivity index (χ2n) is 6.23. The summed E-state index contributed by atoms with van der Waals surface area (Å²) in [6, 6.07) is 0. The van der Waals surface area contributed by atoms with E-state index in [2.05, 4.69) is 0 Å². The predicted molar refractivity (Wildman–Crippen MR) is 93.4 cm³/mol. The zero-order valence-electron chi connectivity index (χ0n) is 14.0. The summed E-state index contributed by atoms with van der Waals surface area (Å²) in [6.45, 7) is 0.361. The average Bonchev–Trinajstić information content (AvgIpc) is 2.50. The monoisotopic (exact) mass is 316 g/mol. The minimum Gasteiger partial charge on any atom is -0.396 e. The van der Waals surface area contributed by atoms with Gasteiger partial charge in [0.15, 0.2) is 8.46 Å². The molecule has 0 saturated carbocycles. The van der Waals surface area contributed by atoms with Crippen LogP contribution in [-0.4, -0.2) is 17.9 Å². The van der Waals surface area contributed by atoms with Crippen molar-refractivity contribution in [3.05, 3.63) is 0 Å². The molecule has 0 saturated heterocycles. The zero-order chi connectivity index (χ0) is 15.4. The van der Waals surface area contributed by atoms with Gasteiger partial charge in [-0.1, -0.05) is 89.9 Å². The molecular formula is C18H37O2P. The number of unbranched alkanes of at least 4 members (excludes halogenated alkanes) is 15. The first-order valence-corrected chi connectivity index (χ1v) is 10.3. The molecule has 21 heavy (non-hydrogen) atoms. The van der Waals surface area contributed by atoms with Gasteiger partial charge in [-0.3, -0.25) is 4.57 Å². The Bertz CT molecular complexity index is 198. The van der Waals surface area contributed by atoms with Crippen LogP contribution in [0.1, 0.15) is 103 Å². The summed E-state index contributed by atoms with van der Waals surface area (Å²) in [7, 11) is 0.319. The number of rotatable bonds is 18. The van der Waals surface area contributed by atoms with E-state index in [1.807, 2.05) is 0 Å². The highest BCUT2D eigenvalue weighted by atomic mass is 31.1. The summed E-state index contributed by atoms with van der Waals surface area (Å²) >= 11 is 0. The van der Waals surface area contributed by atoms with E-state index in [0.717, 1.165) is 19.0 Å². The lowest BCUT2D eigenvalue weighted by Crippen LogP contribution is -1.85. The molecule has 0 spiro atoms. The molecule has 0 atom stereocenters. The maximum Gasteiger partial charge on any atom is 0.155 e. The molecule has 0 rings (SSSR count). The third-order valence-corrected chi connectivity index (χ3v) is 4.66. The number of hydrogen-bond acceptors (Lipinski definition) is 2. The van der Waals surface area contributed by atoms with Crippen molar-refractivity contribution in [2.45, 2.75) is 103 Å². The molecule has 0 amide bonds. The van der Waals surface area contributed by atoms with Crippen LogP contribution in [-0.2, 0) is 4.57 Å². The standard InChI is InChI=1S/C18H37O2P/c19-17-15-13-11-9-7-5-3-1-2-4-6-8-10-12-14-16-18-21-20/h19H,1-18H2. The van der Waals surface area contributed by atoms with E-state index in [4.69, 9.17) is 5.11 Å². The van der Waals surface area contributed by atoms with E-state index < -0.39 is 0 Å². The molecule has 0 fully saturated rings. The SMILES string of the molecule is O=PCCCCCCCCCCCCCCCCCCO. The van der Waals surface area contributed by atoms with Gasteiger partial charge in [-0.15, -0.1) is 0 Å². The van der Waals surface area contributed by atoms with Gasteiger partial charge in [0, 0.05) is 12.8 Å². The van der Waals surface area contributed by atoms with Crippen molar-refractivity contribution in [1.82, 2.24) is 0 Å². The molecule has 0 aromatic rings. The molecule has 1 N–H and O–H groups in total. The smallest absolute Gasteiger partial charge is 0.155 e. The maximum atomic E-state index is 10.3. The molecule has 3 heteroatoms. The highest BCUT2D eigenvalue weighted by molar-refractivity contribution is 7.23. The molecule has 0 aliphatic rings. The Balaban J connectivity index is 2.91. The van der Waals surface area contributed by atoms with Gasteiger partial charge < -0.3 is 5.11 Å². The van der Waals surface area contributed by atoms with Crippen LogP contribution in [0, 0.1) is 0 Å². The van der Waals surface area contributed by atoms with Crippen molar-refractivity contribution >= 4 is 8.46 Å². The Hall–Kier alpha value is 0.0600. The molecule has 0 heterocycles. The van der Waals surface area contributed by atoms with Crippen LogP contribution in [0.5, 0.6) is 0 Å². The zero-order valence-corrected chi connectivity index (χ0v) is 14.9. The molecule has 0 aliphatic carbocycles. The molecule has 0 aromatic heterocycles. The maximum absolute atomic E-state index is 10.3. The number of aliphatic hydroxyl groups is 1. The summed E-state index contributed by atoms with van der Waals surface area (Å²) in [5, 5.41) is 8.68. The molecule has 0 aliphatic heterocycles. The molecule has 0 bridgehead atoms. The Kier molecular flexibility index (Phi) is 20.1. The highest BCUT2D eigenvalue weighted by Gasteiger charge is 1.94. The normalized spacial score (nSPS) is 11.3. The number of aliphatic hydroxyl groups excluding tert-OH is 1. The van der Waals surface area contributed by atoms with Gasteiger partial charge in [0.05, 0.1) is 0 Å². The Morgan fingerprint density at radius 1 is 0.476 bits per heavy atom. The summed E-state index contributed by atoms with van der Waals surface area (Å²) < 4.78 is 10.3. The summed E-state index contributed by atoms with van der Waals surface area (Å²) in [5.41, 5.74) is 0. The van der Waals surface area contributed by atoms with Crippen molar-refractivity contribution in [1.29, 1.82) is 0 Å². The van der Waals surface area contributed by atoms with E-state index in [1.165, 1.54) is 89.9 Å². The summed E-state index contributed by atoms with van der Waals surface area (Å²) in [5.74, 6) is 0. The first-order chi connectivity index (χ1) is 10.4. The Labute approximate surface area is 134 Å². The van der Waals surface area contributed by atoms with Crippen molar-refractivity contribution in [2.75, 3.05) is 12.8 Å². The molecule has 0 unspecified atom stereocenters. The van der Waals surface area contributed by atoms with Gasteiger partial charge >= 0.3 is 0 Å². The lowest BCUT2D eigenvalue weighted by Gasteiger charge is -2.03. The van der Waals surface area contributed by atoms with E-state index in [0.29, 0.717) is 15.1 Å². The van der Waals surface area contributed by atoms with Gasteiger partial charge in [-0.2, -0.15) is 0 Å². The third-order valence-electron chi connectivity index (χ3n) is 4.16. The fourth-order valence-electron chi connectivity index (χ4n) is 2.76. The van der Waals surface area contributed by atoms with Crippen molar-refractivity contribution in [3.8, 4) is 0 Å². The van der Waals surface area contributed by atoms with Gasteiger partial charge in [0.1, 0.15) is 0 Å². The molecule has 2 nitrogen and oxygen atoms in total. The van der Waals surface area contributed by atoms with Crippen molar-refractivity contribution in [2.24, 2.45) is 0 Å². The third kappa shape index (κ3) is 20.1. The van der Waals surface area contributed by atoms with Crippen LogP contribution in [0.15, 0.2) is 0 Å². The van der Waals surface area contributed by atoms with Gasteiger partial charge in [0.2, 0.25) is 0 Å². The molecular weight excluding hydrogens is 279 g/mol. The van der Waals surface area contributed by atoms with Crippen LogP contribution >= 0.6 is 8.46 Å². The van der Waals surface area contributed by atoms with Crippen LogP contribution in [0.25, 0.3) is 0 Å². The van der Waals surface area contributed by atoms with Crippen LogP contribution in [0.2, 0.25) is 0 Å². The van der Waals surface area contributed by atoms with E-state index in [1.54, 1.807) is 0 Å². The average molecular weight is 316 g/mol. The van der Waals surface area contributed by atoms with Crippen molar-refractivity contribution < 1.29 is 9.67 Å². The van der Waals surface area contributed by atoms with Crippen molar-refractivity contribution in [3.63, 3.8) is 0 Å². The largest absolute Gasteiger partial charge is 0.396 e. The quantitative estimate of drug-likeness (QED) is 0.231. The van der Waals surface area contributed by atoms with Gasteiger partial charge in [-0.05, 0) is 12.8 Å². The van der Waals surface area contributed by atoms with Crippen LogP contribution < -0.4 is 0 Å². The second kappa shape index (κ2) is 20.1. The Morgan fingerprint density at radius 2 is 0.762 bits per heavy atom. The lowest BCUT2D eigenvalue weighted by molar-refractivity contribution is 0.282. The molecule has 126 valence electrons. The van der Waals surface area contributed by atoms with E-state index >= 15 is 0 Å². The van der Waals surface area contributed by atoms with Crippen LogP contribution in [0.3, 0.4) is 0 Å². The summed E-state index contributed by atoms with van der Waals surface area (Å²) in [4.78, 5) is 0. The fraction of sp³-hybridized carbons (Fsp3) is 1.00. The predicted octanol–water partition coefficient (Wildman–Crippen LogP) is 6.51. The highest BCUT2D eigenvalue weighted by Crippen LogP contribution is 2.14. The molecule has 0 radical (unpaired) electrons. The van der Waals surface area contributed by atoms with Crippen LogP contribution in [0.4, 0.5) is 0 Å². The summed E-state index contributed by atoms with van der Waals surface area (Å²) in [6.07, 6.45) is 22.0. The minimum atomic E-state index is 0.319. The Morgan fingerprint density at radius 3 is 1.05 bits per heavy atom. The number of hydrogen-bond donors (Lipinski definition) is 1. The lowest BCUT2D eigenvalue weighted by atomic mass is 10.0.